The molecule has 3 aromatic rings. The van der Waals surface area contributed by atoms with E-state index in [2.05, 4.69) is 47.6 Å². The van der Waals surface area contributed by atoms with Gasteiger partial charge in [0.1, 0.15) is 5.69 Å². The van der Waals surface area contributed by atoms with Crippen molar-refractivity contribution in [2.24, 2.45) is 0 Å². The van der Waals surface area contributed by atoms with E-state index in [0.717, 1.165) is 55.1 Å². The molecule has 0 atom stereocenters. The number of benzene rings is 1. The third-order valence-corrected chi connectivity index (χ3v) is 4.54. The molecule has 3 rings (SSSR count). The van der Waals surface area contributed by atoms with Crippen LogP contribution in [0.5, 0.6) is 0 Å². The molecule has 0 fully saturated rings. The van der Waals surface area contributed by atoms with Crippen LogP contribution in [0.2, 0.25) is 0 Å². The van der Waals surface area contributed by atoms with Gasteiger partial charge in [0.2, 0.25) is 0 Å². The predicted octanol–water partition coefficient (Wildman–Crippen LogP) is 3.78. The zero-order valence-corrected chi connectivity index (χ0v) is 15.6. The largest absolute Gasteiger partial charge is 0.320 e. The van der Waals surface area contributed by atoms with Gasteiger partial charge in [0, 0.05) is 17.6 Å². The second-order valence-electron chi connectivity index (χ2n) is 6.47. The molecule has 0 aliphatic carbocycles. The molecule has 0 amide bonds. The van der Waals surface area contributed by atoms with Crippen LogP contribution in [0.15, 0.2) is 54.7 Å². The lowest BCUT2D eigenvalue weighted by atomic mass is 10.00. The van der Waals surface area contributed by atoms with Crippen LogP contribution in [0.4, 0.5) is 0 Å². The Morgan fingerprint density at radius 2 is 1.69 bits per heavy atom. The number of hydrogen-bond donors (Lipinski definition) is 1. The van der Waals surface area contributed by atoms with Crippen molar-refractivity contribution in [3.05, 3.63) is 77.2 Å². The monoisotopic (exact) mass is 346 g/mol. The van der Waals surface area contributed by atoms with E-state index in [1.54, 1.807) is 6.20 Å². The van der Waals surface area contributed by atoms with Crippen LogP contribution < -0.4 is 5.32 Å². The summed E-state index contributed by atoms with van der Waals surface area (Å²) in [6, 6.07) is 16.4. The summed E-state index contributed by atoms with van der Waals surface area (Å²) in [4.78, 5) is 14.1. The molecule has 0 unspecified atom stereocenters. The van der Waals surface area contributed by atoms with Crippen molar-refractivity contribution in [2.45, 2.75) is 32.6 Å². The van der Waals surface area contributed by atoms with Crippen LogP contribution >= 0.6 is 0 Å². The summed E-state index contributed by atoms with van der Waals surface area (Å²) in [5, 5.41) is 3.22. The molecule has 4 heteroatoms. The van der Waals surface area contributed by atoms with Gasteiger partial charge in [-0.2, -0.15) is 0 Å². The summed E-state index contributed by atoms with van der Waals surface area (Å²) in [5.74, 6) is 0.725. The first-order valence-electron chi connectivity index (χ1n) is 9.24. The second kappa shape index (κ2) is 9.20. The standard InChI is InChI=1S/C22H26N4/c1-17-19(11-8-15-23-2)20(14-13-18-9-4-3-5-10-18)26-22(25-17)21-12-6-7-16-24-21/h3-7,9-10,12,16,23H,8,11,13-15H2,1-2H3. The Labute approximate surface area is 155 Å². The molecule has 1 N–H and O–H groups in total. The molecule has 0 saturated carbocycles. The average molecular weight is 346 g/mol. The highest BCUT2D eigenvalue weighted by Crippen LogP contribution is 2.20. The fourth-order valence-corrected chi connectivity index (χ4v) is 3.15. The summed E-state index contributed by atoms with van der Waals surface area (Å²) in [6.45, 7) is 3.09. The van der Waals surface area contributed by atoms with E-state index in [1.165, 1.54) is 11.1 Å². The van der Waals surface area contributed by atoms with Crippen LogP contribution in [0.3, 0.4) is 0 Å². The number of nitrogens with zero attached hydrogens (tertiary/aromatic N) is 3. The highest BCUT2D eigenvalue weighted by Gasteiger charge is 2.13. The Morgan fingerprint density at radius 3 is 2.42 bits per heavy atom. The van der Waals surface area contributed by atoms with Crippen molar-refractivity contribution < 1.29 is 0 Å². The SMILES string of the molecule is CNCCCc1c(C)nc(-c2ccccn2)nc1CCc1ccccc1. The summed E-state index contributed by atoms with van der Waals surface area (Å²) >= 11 is 0. The van der Waals surface area contributed by atoms with Crippen LogP contribution in [-0.4, -0.2) is 28.5 Å². The van der Waals surface area contributed by atoms with Gasteiger partial charge in [-0.05, 0) is 69.5 Å². The first-order valence-corrected chi connectivity index (χ1v) is 9.24. The van der Waals surface area contributed by atoms with Crippen molar-refractivity contribution in [3.8, 4) is 11.5 Å². The van der Waals surface area contributed by atoms with E-state index in [-0.39, 0.29) is 0 Å². The van der Waals surface area contributed by atoms with Gasteiger partial charge in [0.25, 0.3) is 0 Å². The van der Waals surface area contributed by atoms with Crippen molar-refractivity contribution >= 4 is 0 Å². The van der Waals surface area contributed by atoms with E-state index in [1.807, 2.05) is 25.2 Å². The lowest BCUT2D eigenvalue weighted by molar-refractivity contribution is 0.709. The maximum atomic E-state index is 4.90. The molecule has 0 radical (unpaired) electrons. The van der Waals surface area contributed by atoms with Gasteiger partial charge >= 0.3 is 0 Å². The molecule has 0 bridgehead atoms. The first kappa shape index (κ1) is 18.2. The van der Waals surface area contributed by atoms with Gasteiger partial charge in [-0.25, -0.2) is 9.97 Å². The fraction of sp³-hybridized carbons (Fsp3) is 0.318. The third-order valence-electron chi connectivity index (χ3n) is 4.54. The van der Waals surface area contributed by atoms with E-state index in [0.29, 0.717) is 0 Å². The topological polar surface area (TPSA) is 50.7 Å². The minimum absolute atomic E-state index is 0.725. The number of pyridine rings is 1. The van der Waals surface area contributed by atoms with Gasteiger partial charge in [-0.1, -0.05) is 36.4 Å². The molecular weight excluding hydrogens is 320 g/mol. The Balaban J connectivity index is 1.89. The summed E-state index contributed by atoms with van der Waals surface area (Å²) in [5.41, 5.74) is 5.68. The highest BCUT2D eigenvalue weighted by molar-refractivity contribution is 5.50. The van der Waals surface area contributed by atoms with Gasteiger partial charge < -0.3 is 5.32 Å². The molecule has 4 nitrogen and oxygen atoms in total. The second-order valence-corrected chi connectivity index (χ2v) is 6.47. The summed E-state index contributed by atoms with van der Waals surface area (Å²) in [7, 11) is 1.99. The number of rotatable bonds is 8. The molecule has 0 saturated heterocycles. The van der Waals surface area contributed by atoms with Crippen molar-refractivity contribution in [1.82, 2.24) is 20.3 Å². The highest BCUT2D eigenvalue weighted by atomic mass is 14.9. The smallest absolute Gasteiger partial charge is 0.178 e. The molecule has 134 valence electrons. The molecule has 2 aromatic heterocycles. The Morgan fingerprint density at radius 1 is 0.885 bits per heavy atom. The maximum Gasteiger partial charge on any atom is 0.178 e. The van der Waals surface area contributed by atoms with Crippen molar-refractivity contribution in [1.29, 1.82) is 0 Å². The number of aryl methyl sites for hydroxylation is 3. The Hall–Kier alpha value is -2.59. The molecule has 1 aromatic carbocycles. The number of aromatic nitrogens is 3. The van der Waals surface area contributed by atoms with Gasteiger partial charge in [0.15, 0.2) is 5.82 Å². The average Bonchev–Trinajstić information content (AvgIpc) is 2.69. The van der Waals surface area contributed by atoms with E-state index >= 15 is 0 Å². The quantitative estimate of drug-likeness (QED) is 0.631. The molecule has 2 heterocycles. The number of nitrogens with one attached hydrogen (secondary N) is 1. The van der Waals surface area contributed by atoms with Crippen LogP contribution in [-0.2, 0) is 19.3 Å². The van der Waals surface area contributed by atoms with Gasteiger partial charge in [0.05, 0.1) is 0 Å². The van der Waals surface area contributed by atoms with Crippen LogP contribution in [0, 0.1) is 6.92 Å². The normalized spacial score (nSPS) is 10.8. The molecule has 0 spiro atoms. The lowest BCUT2D eigenvalue weighted by Crippen LogP contribution is -2.12. The van der Waals surface area contributed by atoms with Gasteiger partial charge in [-0.15, -0.1) is 0 Å². The zero-order valence-electron chi connectivity index (χ0n) is 15.6. The van der Waals surface area contributed by atoms with Crippen LogP contribution in [0.1, 0.15) is 28.9 Å². The minimum atomic E-state index is 0.725. The van der Waals surface area contributed by atoms with E-state index in [9.17, 15) is 0 Å². The zero-order chi connectivity index (χ0) is 18.2. The first-order chi connectivity index (χ1) is 12.8. The third kappa shape index (κ3) is 4.73. The van der Waals surface area contributed by atoms with E-state index in [4.69, 9.17) is 9.97 Å². The lowest BCUT2D eigenvalue weighted by Gasteiger charge is -2.14. The molecule has 26 heavy (non-hydrogen) atoms. The minimum Gasteiger partial charge on any atom is -0.320 e. The predicted molar refractivity (Wildman–Crippen MR) is 106 cm³/mol. The van der Waals surface area contributed by atoms with E-state index < -0.39 is 0 Å². The van der Waals surface area contributed by atoms with Gasteiger partial charge in [-0.3, -0.25) is 4.98 Å². The summed E-state index contributed by atoms with van der Waals surface area (Å²) < 4.78 is 0. The molecule has 0 aliphatic rings. The Bertz CT molecular complexity index is 816. The number of hydrogen-bond acceptors (Lipinski definition) is 4. The molecular formula is C22H26N4. The Kier molecular flexibility index (Phi) is 6.45. The molecule has 0 aliphatic heterocycles. The van der Waals surface area contributed by atoms with Crippen molar-refractivity contribution in [2.75, 3.05) is 13.6 Å². The maximum absolute atomic E-state index is 4.90. The van der Waals surface area contributed by atoms with Crippen LogP contribution in [0.25, 0.3) is 11.5 Å². The fourth-order valence-electron chi connectivity index (χ4n) is 3.15. The van der Waals surface area contributed by atoms with Crippen molar-refractivity contribution in [3.63, 3.8) is 0 Å². The summed E-state index contributed by atoms with van der Waals surface area (Å²) in [6.07, 6.45) is 5.78.